The van der Waals surface area contributed by atoms with Gasteiger partial charge in [-0.2, -0.15) is 0 Å². The molecule has 1 aliphatic heterocycles. The number of anilines is 1. The molecule has 0 bridgehead atoms. The molecule has 1 heterocycles. The summed E-state index contributed by atoms with van der Waals surface area (Å²) < 4.78 is 0. The number of nitrogens with zero attached hydrogens (tertiary/aromatic N) is 1. The van der Waals surface area contributed by atoms with Crippen molar-refractivity contribution in [1.29, 1.82) is 0 Å². The molecule has 0 fully saturated rings. The summed E-state index contributed by atoms with van der Waals surface area (Å²) in [6, 6.07) is 4.87. The number of amides is 2. The average Bonchev–Trinajstić information content (AvgIpc) is 2.45. The molecular weight excluding hydrogens is 268 g/mol. The standard InChI is InChI=1S/C16H22N2O3/c1-3-5-13(15(19)20)17-16(21)18-9-4-6-12-10-11(2)7-8-14(12)18/h7-8,10,13H,3-6,9H2,1-2H3,(H,17,21)(H,19,20)/t13-/m1/s1. The fraction of sp³-hybridized carbons (Fsp3) is 0.500. The molecule has 0 aliphatic carbocycles. The second-order valence-corrected chi connectivity index (χ2v) is 5.52. The number of carbonyl (C=O) groups is 2. The van der Waals surface area contributed by atoms with Crippen molar-refractivity contribution in [3.05, 3.63) is 29.3 Å². The van der Waals surface area contributed by atoms with Crippen molar-refractivity contribution < 1.29 is 14.7 Å². The van der Waals surface area contributed by atoms with Crippen molar-refractivity contribution in [2.24, 2.45) is 0 Å². The fourth-order valence-corrected chi connectivity index (χ4v) is 2.71. The molecule has 0 saturated heterocycles. The highest BCUT2D eigenvalue weighted by atomic mass is 16.4. The first-order valence-corrected chi connectivity index (χ1v) is 7.43. The molecule has 1 atom stereocenters. The summed E-state index contributed by atoms with van der Waals surface area (Å²) in [7, 11) is 0. The van der Waals surface area contributed by atoms with Gasteiger partial charge in [-0.15, -0.1) is 0 Å². The van der Waals surface area contributed by atoms with Gasteiger partial charge in [0.2, 0.25) is 0 Å². The molecule has 0 unspecified atom stereocenters. The third kappa shape index (κ3) is 3.54. The topological polar surface area (TPSA) is 69.6 Å². The highest BCUT2D eigenvalue weighted by Gasteiger charge is 2.26. The summed E-state index contributed by atoms with van der Waals surface area (Å²) in [6.07, 6.45) is 3.01. The third-order valence-electron chi connectivity index (χ3n) is 3.77. The van der Waals surface area contributed by atoms with Gasteiger partial charge in [-0.25, -0.2) is 9.59 Å². The van der Waals surface area contributed by atoms with Crippen molar-refractivity contribution >= 4 is 17.7 Å². The minimum atomic E-state index is -0.980. The van der Waals surface area contributed by atoms with Crippen LogP contribution in [-0.2, 0) is 11.2 Å². The zero-order valence-electron chi connectivity index (χ0n) is 12.6. The Morgan fingerprint density at radius 3 is 2.86 bits per heavy atom. The van der Waals surface area contributed by atoms with E-state index in [9.17, 15) is 9.59 Å². The van der Waals surface area contributed by atoms with Gasteiger partial charge in [0.05, 0.1) is 0 Å². The van der Waals surface area contributed by atoms with Crippen LogP contribution in [0.2, 0.25) is 0 Å². The number of hydrogen-bond acceptors (Lipinski definition) is 2. The SMILES string of the molecule is CCC[C@@H](NC(=O)N1CCCc2cc(C)ccc21)C(=O)O. The van der Waals surface area contributed by atoms with Gasteiger partial charge in [0, 0.05) is 12.2 Å². The maximum Gasteiger partial charge on any atom is 0.326 e. The number of carboxylic acids is 1. The number of hydrogen-bond donors (Lipinski definition) is 2. The summed E-state index contributed by atoms with van der Waals surface area (Å²) >= 11 is 0. The molecular formula is C16H22N2O3. The first-order valence-electron chi connectivity index (χ1n) is 7.43. The number of fused-ring (bicyclic) bond motifs is 1. The van der Waals surface area contributed by atoms with Crippen LogP contribution in [0, 0.1) is 6.92 Å². The van der Waals surface area contributed by atoms with Gasteiger partial charge >= 0.3 is 12.0 Å². The second kappa shape index (κ2) is 6.61. The number of aliphatic carboxylic acids is 1. The van der Waals surface area contributed by atoms with Crippen LogP contribution < -0.4 is 10.2 Å². The van der Waals surface area contributed by atoms with Crippen LogP contribution in [0.3, 0.4) is 0 Å². The predicted octanol–water partition coefficient (Wildman–Crippen LogP) is 2.71. The molecule has 0 radical (unpaired) electrons. The highest BCUT2D eigenvalue weighted by Crippen LogP contribution is 2.28. The van der Waals surface area contributed by atoms with Gasteiger partial charge in [-0.05, 0) is 37.8 Å². The van der Waals surface area contributed by atoms with Gasteiger partial charge in [0.15, 0.2) is 0 Å². The van der Waals surface area contributed by atoms with Gasteiger partial charge < -0.3 is 10.4 Å². The first-order chi connectivity index (χ1) is 10.0. The molecule has 2 N–H and O–H groups in total. The van der Waals surface area contributed by atoms with Crippen molar-refractivity contribution in [3.8, 4) is 0 Å². The molecule has 2 rings (SSSR count). The normalized spacial score (nSPS) is 15.2. The van der Waals surface area contributed by atoms with E-state index in [-0.39, 0.29) is 6.03 Å². The summed E-state index contributed by atoms with van der Waals surface area (Å²) in [4.78, 5) is 25.2. The molecule has 1 aliphatic rings. The molecule has 21 heavy (non-hydrogen) atoms. The maximum absolute atomic E-state index is 12.4. The van der Waals surface area contributed by atoms with E-state index in [4.69, 9.17) is 5.11 Å². The van der Waals surface area contributed by atoms with Gasteiger partial charge in [-0.1, -0.05) is 31.0 Å². The van der Waals surface area contributed by atoms with Crippen molar-refractivity contribution in [2.45, 2.75) is 45.6 Å². The van der Waals surface area contributed by atoms with Crippen molar-refractivity contribution in [2.75, 3.05) is 11.4 Å². The molecule has 0 saturated carbocycles. The van der Waals surface area contributed by atoms with Crippen LogP contribution in [0.25, 0.3) is 0 Å². The largest absolute Gasteiger partial charge is 0.480 e. The number of nitrogens with one attached hydrogen (secondary N) is 1. The van der Waals surface area contributed by atoms with Gasteiger partial charge in [-0.3, -0.25) is 4.90 Å². The molecule has 1 aromatic carbocycles. The molecule has 5 nitrogen and oxygen atoms in total. The third-order valence-corrected chi connectivity index (χ3v) is 3.77. The zero-order valence-corrected chi connectivity index (χ0v) is 12.6. The van der Waals surface area contributed by atoms with Gasteiger partial charge in [0.25, 0.3) is 0 Å². The number of carboxylic acid groups (broad SMARTS) is 1. The zero-order chi connectivity index (χ0) is 15.4. The van der Waals surface area contributed by atoms with Crippen molar-refractivity contribution in [1.82, 2.24) is 5.32 Å². The van der Waals surface area contributed by atoms with E-state index in [2.05, 4.69) is 11.4 Å². The number of urea groups is 1. The Hall–Kier alpha value is -2.04. The first kappa shape index (κ1) is 15.4. The quantitative estimate of drug-likeness (QED) is 0.895. The maximum atomic E-state index is 12.4. The second-order valence-electron chi connectivity index (χ2n) is 5.52. The van der Waals surface area contributed by atoms with Crippen LogP contribution in [0.4, 0.5) is 10.5 Å². The highest BCUT2D eigenvalue weighted by molar-refractivity contribution is 5.95. The van der Waals surface area contributed by atoms with Crippen LogP contribution in [0.1, 0.15) is 37.3 Å². The van der Waals surface area contributed by atoms with E-state index in [0.717, 1.165) is 24.1 Å². The van der Waals surface area contributed by atoms with Crippen LogP contribution in [-0.4, -0.2) is 29.7 Å². The summed E-state index contributed by atoms with van der Waals surface area (Å²) in [5.41, 5.74) is 3.22. The summed E-state index contributed by atoms with van der Waals surface area (Å²) in [5.74, 6) is -0.980. The monoisotopic (exact) mass is 290 g/mol. The Labute approximate surface area is 125 Å². The minimum absolute atomic E-state index is 0.319. The molecule has 5 heteroatoms. The van der Waals surface area contributed by atoms with Crippen LogP contribution >= 0.6 is 0 Å². The molecule has 1 aromatic rings. The fourth-order valence-electron chi connectivity index (χ4n) is 2.71. The predicted molar refractivity (Wildman–Crippen MR) is 81.7 cm³/mol. The minimum Gasteiger partial charge on any atom is -0.480 e. The summed E-state index contributed by atoms with van der Waals surface area (Å²) in [6.45, 7) is 4.56. The van der Waals surface area contributed by atoms with Crippen LogP contribution in [0.5, 0.6) is 0 Å². The van der Waals surface area contributed by atoms with E-state index in [1.807, 2.05) is 26.0 Å². The number of benzene rings is 1. The summed E-state index contributed by atoms with van der Waals surface area (Å²) in [5, 5.41) is 11.8. The van der Waals surface area contributed by atoms with E-state index in [1.54, 1.807) is 4.90 Å². The Morgan fingerprint density at radius 1 is 1.43 bits per heavy atom. The molecule has 0 spiro atoms. The molecule has 2 amide bonds. The van der Waals surface area contributed by atoms with Crippen LogP contribution in [0.15, 0.2) is 18.2 Å². The average molecular weight is 290 g/mol. The number of rotatable bonds is 4. The van der Waals surface area contributed by atoms with E-state index in [1.165, 1.54) is 5.56 Å². The molecule has 0 aromatic heterocycles. The van der Waals surface area contributed by atoms with E-state index in [0.29, 0.717) is 19.4 Å². The Morgan fingerprint density at radius 2 is 2.19 bits per heavy atom. The van der Waals surface area contributed by atoms with Crippen molar-refractivity contribution in [3.63, 3.8) is 0 Å². The lowest BCUT2D eigenvalue weighted by molar-refractivity contribution is -0.139. The van der Waals surface area contributed by atoms with Gasteiger partial charge in [0.1, 0.15) is 6.04 Å². The van der Waals surface area contributed by atoms with E-state index >= 15 is 0 Å². The Balaban J connectivity index is 2.16. The van der Waals surface area contributed by atoms with E-state index < -0.39 is 12.0 Å². The lowest BCUT2D eigenvalue weighted by Crippen LogP contribution is -2.49. The lowest BCUT2D eigenvalue weighted by Gasteiger charge is -2.30. The Kier molecular flexibility index (Phi) is 4.83. The molecule has 114 valence electrons. The smallest absolute Gasteiger partial charge is 0.326 e. The Bertz CT molecular complexity index is 542. The number of carbonyl (C=O) groups excluding carboxylic acids is 1. The lowest BCUT2D eigenvalue weighted by atomic mass is 10.00. The number of aryl methyl sites for hydroxylation is 2.